The molecule has 134 valence electrons. The predicted octanol–water partition coefficient (Wildman–Crippen LogP) is 2.23. The Morgan fingerprint density at radius 1 is 1.35 bits per heavy atom. The zero-order valence-corrected chi connectivity index (χ0v) is 13.9. The van der Waals surface area contributed by atoms with E-state index >= 15 is 0 Å². The van der Waals surface area contributed by atoms with Crippen molar-refractivity contribution in [3.8, 4) is 11.9 Å². The largest absolute Gasteiger partial charge is 0.493 e. The second-order valence-electron chi connectivity index (χ2n) is 5.37. The van der Waals surface area contributed by atoms with Crippen molar-refractivity contribution in [2.24, 2.45) is 10.2 Å². The quantitative estimate of drug-likeness (QED) is 0.676. The van der Waals surface area contributed by atoms with Crippen molar-refractivity contribution >= 4 is 17.3 Å². The maximum absolute atomic E-state index is 12.5. The van der Waals surface area contributed by atoms with E-state index in [9.17, 15) is 20.0 Å². The van der Waals surface area contributed by atoms with E-state index in [1.165, 1.54) is 31.2 Å². The first-order valence-electron chi connectivity index (χ1n) is 7.63. The molecule has 0 bridgehead atoms. The number of nitrogens with zero attached hydrogens (tertiary/aromatic N) is 4. The molecule has 9 nitrogen and oxygen atoms in total. The van der Waals surface area contributed by atoms with Crippen LogP contribution >= 0.6 is 0 Å². The zero-order chi connectivity index (χ0) is 19.3. The van der Waals surface area contributed by atoms with E-state index < -0.39 is 17.4 Å². The number of aromatic hydroxyl groups is 1. The number of carboxylic acids is 1. The highest BCUT2D eigenvalue weighted by molar-refractivity contribution is 5.88. The molecule has 9 heteroatoms. The van der Waals surface area contributed by atoms with E-state index in [0.29, 0.717) is 0 Å². The third-order valence-corrected chi connectivity index (χ3v) is 3.67. The van der Waals surface area contributed by atoms with Crippen molar-refractivity contribution in [3.63, 3.8) is 0 Å². The van der Waals surface area contributed by atoms with Gasteiger partial charge in [0.05, 0.1) is 11.3 Å². The standard InChI is InChI=1S/C17H16N4O5/c1-10-13(9-18)15(23)21(6-3-7-22)16(24)14(10)20-19-12-5-2-4-11(8-12)17(25)26/h2,4-5,8,22-23H,3,6-7H2,1H3,(H,25,26). The van der Waals surface area contributed by atoms with Gasteiger partial charge in [-0.05, 0) is 31.5 Å². The van der Waals surface area contributed by atoms with Crippen molar-refractivity contribution in [1.29, 1.82) is 5.26 Å². The summed E-state index contributed by atoms with van der Waals surface area (Å²) >= 11 is 0. The first-order valence-corrected chi connectivity index (χ1v) is 7.63. The van der Waals surface area contributed by atoms with E-state index in [0.717, 1.165) is 4.57 Å². The second kappa shape index (κ2) is 8.04. The minimum absolute atomic E-state index is 0.00709. The van der Waals surface area contributed by atoms with Crippen molar-refractivity contribution in [1.82, 2.24) is 4.57 Å². The van der Waals surface area contributed by atoms with Gasteiger partial charge in [0.2, 0.25) is 5.88 Å². The fourth-order valence-corrected chi connectivity index (χ4v) is 2.30. The number of hydrogen-bond donors (Lipinski definition) is 3. The van der Waals surface area contributed by atoms with Crippen molar-refractivity contribution in [2.45, 2.75) is 19.9 Å². The summed E-state index contributed by atoms with van der Waals surface area (Å²) < 4.78 is 0.948. The summed E-state index contributed by atoms with van der Waals surface area (Å²) in [6, 6.07) is 7.50. The molecule has 2 aromatic rings. The molecule has 0 fully saturated rings. The van der Waals surface area contributed by atoms with Gasteiger partial charge in [0.25, 0.3) is 5.56 Å². The summed E-state index contributed by atoms with van der Waals surface area (Å²) in [5.41, 5.74) is -0.521. The molecule has 0 radical (unpaired) electrons. The fraction of sp³-hybridized carbons (Fsp3) is 0.235. The molecule has 26 heavy (non-hydrogen) atoms. The maximum atomic E-state index is 12.5. The van der Waals surface area contributed by atoms with Crippen LogP contribution in [0, 0.1) is 18.3 Å². The third kappa shape index (κ3) is 3.76. The van der Waals surface area contributed by atoms with E-state index in [2.05, 4.69) is 10.2 Å². The highest BCUT2D eigenvalue weighted by atomic mass is 16.4. The summed E-state index contributed by atoms with van der Waals surface area (Å²) in [7, 11) is 0. The topological polar surface area (TPSA) is 148 Å². The molecule has 0 aliphatic carbocycles. The van der Waals surface area contributed by atoms with E-state index in [1.807, 2.05) is 6.07 Å². The summed E-state index contributed by atoms with van der Waals surface area (Å²) in [5.74, 6) is -1.61. The van der Waals surface area contributed by atoms with Gasteiger partial charge in [-0.3, -0.25) is 9.36 Å². The SMILES string of the molecule is Cc1c(C#N)c(O)n(CCCO)c(=O)c1N=Nc1cccc(C(=O)O)c1. The smallest absolute Gasteiger partial charge is 0.335 e. The van der Waals surface area contributed by atoms with Crippen LogP contribution in [0.1, 0.15) is 27.9 Å². The van der Waals surface area contributed by atoms with Crippen LogP contribution in [0.15, 0.2) is 39.3 Å². The molecule has 0 aliphatic heterocycles. The molecule has 0 unspecified atom stereocenters. The number of carbonyl (C=O) groups is 1. The lowest BCUT2D eigenvalue weighted by Gasteiger charge is -2.12. The molecule has 0 atom stereocenters. The predicted molar refractivity (Wildman–Crippen MR) is 91.1 cm³/mol. The first kappa shape index (κ1) is 18.8. The second-order valence-corrected chi connectivity index (χ2v) is 5.37. The van der Waals surface area contributed by atoms with Crippen molar-refractivity contribution in [3.05, 3.63) is 51.3 Å². The lowest BCUT2D eigenvalue weighted by molar-refractivity contribution is 0.0697. The Kier molecular flexibility index (Phi) is 5.82. The molecule has 3 N–H and O–H groups in total. The minimum Gasteiger partial charge on any atom is -0.493 e. The van der Waals surface area contributed by atoms with Crippen LogP contribution in [0.3, 0.4) is 0 Å². The first-order chi connectivity index (χ1) is 12.4. The summed E-state index contributed by atoms with van der Waals surface area (Å²) in [6.07, 6.45) is 0.207. The van der Waals surface area contributed by atoms with Gasteiger partial charge in [-0.15, -0.1) is 5.11 Å². The van der Waals surface area contributed by atoms with Gasteiger partial charge in [0.15, 0.2) is 5.69 Å². The van der Waals surface area contributed by atoms with Crippen LogP contribution in [0.4, 0.5) is 11.4 Å². The van der Waals surface area contributed by atoms with Gasteiger partial charge < -0.3 is 15.3 Å². The number of benzene rings is 1. The number of aliphatic hydroxyl groups is 1. The van der Waals surface area contributed by atoms with Gasteiger partial charge >= 0.3 is 5.97 Å². The van der Waals surface area contributed by atoms with E-state index in [1.54, 1.807) is 0 Å². The molecule has 1 heterocycles. The van der Waals surface area contributed by atoms with Gasteiger partial charge in [0.1, 0.15) is 11.6 Å². The van der Waals surface area contributed by atoms with Crippen molar-refractivity contribution < 1.29 is 20.1 Å². The Labute approximate surface area is 148 Å². The van der Waals surface area contributed by atoms with Crippen LogP contribution in [0.25, 0.3) is 0 Å². The maximum Gasteiger partial charge on any atom is 0.335 e. The molecule has 0 saturated carbocycles. The van der Waals surface area contributed by atoms with Gasteiger partial charge in [0, 0.05) is 18.7 Å². The number of aromatic carboxylic acids is 1. The van der Waals surface area contributed by atoms with E-state index in [4.69, 9.17) is 10.2 Å². The Balaban J connectivity index is 2.55. The summed E-state index contributed by atoms with van der Waals surface area (Å²) in [5, 5.41) is 45.0. The average molecular weight is 356 g/mol. The van der Waals surface area contributed by atoms with Crippen LogP contribution < -0.4 is 5.56 Å². The van der Waals surface area contributed by atoms with Gasteiger partial charge in [-0.2, -0.15) is 10.4 Å². The third-order valence-electron chi connectivity index (χ3n) is 3.67. The molecule has 0 amide bonds. The Bertz CT molecular complexity index is 972. The molecule has 2 rings (SSSR count). The summed E-state index contributed by atoms with van der Waals surface area (Å²) in [6.45, 7) is 1.27. The van der Waals surface area contributed by atoms with Crippen LogP contribution in [0.5, 0.6) is 5.88 Å². The Morgan fingerprint density at radius 3 is 2.69 bits per heavy atom. The fourth-order valence-electron chi connectivity index (χ4n) is 2.30. The molecule has 0 spiro atoms. The van der Waals surface area contributed by atoms with Crippen molar-refractivity contribution in [2.75, 3.05) is 6.61 Å². The number of hydrogen-bond acceptors (Lipinski definition) is 7. The molecule has 0 aliphatic rings. The Morgan fingerprint density at radius 2 is 2.08 bits per heavy atom. The number of pyridine rings is 1. The molecule has 1 aromatic heterocycles. The Hall–Kier alpha value is -3.51. The molecular weight excluding hydrogens is 340 g/mol. The van der Waals surface area contributed by atoms with Crippen LogP contribution in [-0.4, -0.2) is 32.5 Å². The van der Waals surface area contributed by atoms with Gasteiger partial charge in [-0.25, -0.2) is 4.79 Å². The highest BCUT2D eigenvalue weighted by Gasteiger charge is 2.18. The number of carboxylic acid groups (broad SMARTS) is 1. The number of aliphatic hydroxyl groups excluding tert-OH is 1. The lowest BCUT2D eigenvalue weighted by Crippen LogP contribution is -2.22. The number of rotatable bonds is 6. The number of nitriles is 1. The minimum atomic E-state index is -1.12. The highest BCUT2D eigenvalue weighted by Crippen LogP contribution is 2.27. The van der Waals surface area contributed by atoms with Gasteiger partial charge in [-0.1, -0.05) is 6.07 Å². The van der Waals surface area contributed by atoms with Crippen LogP contribution in [-0.2, 0) is 6.54 Å². The number of azo groups is 1. The molecule has 1 aromatic carbocycles. The zero-order valence-electron chi connectivity index (χ0n) is 13.9. The number of aromatic nitrogens is 1. The lowest BCUT2D eigenvalue weighted by atomic mass is 10.1. The summed E-state index contributed by atoms with van der Waals surface area (Å²) in [4.78, 5) is 23.5. The molecular formula is C17H16N4O5. The normalized spacial score (nSPS) is 10.8. The average Bonchev–Trinajstić information content (AvgIpc) is 2.62. The van der Waals surface area contributed by atoms with E-state index in [-0.39, 0.29) is 47.6 Å². The monoisotopic (exact) mass is 356 g/mol. The van der Waals surface area contributed by atoms with Crippen LogP contribution in [0.2, 0.25) is 0 Å². The molecule has 0 saturated heterocycles.